The maximum atomic E-state index is 12.3. The van der Waals surface area contributed by atoms with E-state index in [1.54, 1.807) is 11.9 Å². The third kappa shape index (κ3) is 4.12. The van der Waals surface area contributed by atoms with Gasteiger partial charge in [-0.15, -0.1) is 0 Å². The van der Waals surface area contributed by atoms with Gasteiger partial charge < -0.3 is 15.2 Å². The third-order valence-electron chi connectivity index (χ3n) is 4.49. The van der Waals surface area contributed by atoms with Crippen LogP contribution in [0.5, 0.6) is 0 Å². The Morgan fingerprint density at radius 1 is 1.38 bits per heavy atom. The molecule has 0 unspecified atom stereocenters. The van der Waals surface area contributed by atoms with Gasteiger partial charge in [0.1, 0.15) is 5.82 Å². The van der Waals surface area contributed by atoms with Crippen LogP contribution in [0.2, 0.25) is 0 Å². The van der Waals surface area contributed by atoms with Gasteiger partial charge >= 0.3 is 6.03 Å². The van der Waals surface area contributed by atoms with Gasteiger partial charge in [-0.3, -0.25) is 0 Å². The molecule has 1 aromatic heterocycles. The van der Waals surface area contributed by atoms with Crippen LogP contribution in [0, 0.1) is 0 Å². The average molecular weight is 344 g/mol. The van der Waals surface area contributed by atoms with E-state index >= 15 is 0 Å². The fraction of sp³-hybridized carbons (Fsp3) is 0.444. The zero-order valence-electron chi connectivity index (χ0n) is 14.2. The lowest BCUT2D eigenvalue weighted by Gasteiger charge is -2.20. The van der Waals surface area contributed by atoms with Crippen LogP contribution in [0.3, 0.4) is 0 Å². The van der Waals surface area contributed by atoms with Crippen molar-refractivity contribution in [2.45, 2.75) is 37.1 Å². The molecule has 0 saturated heterocycles. The predicted octanol–water partition coefficient (Wildman–Crippen LogP) is 3.50. The highest BCUT2D eigenvalue weighted by atomic mass is 32.2. The molecule has 3 rings (SSSR count). The van der Waals surface area contributed by atoms with E-state index in [2.05, 4.69) is 21.5 Å². The van der Waals surface area contributed by atoms with E-state index in [0.29, 0.717) is 17.8 Å². The minimum absolute atomic E-state index is 0.0283. The zero-order valence-corrected chi connectivity index (χ0v) is 15.0. The standard InChI is InChI=1S/C18H24N4OS/c1-22(18(23)20-14-8-9-15(10-14)24-2)12-17-19-11-16(21-17)13-6-4-3-5-7-13/h3-7,11,14-15H,8-10,12H2,1-2H3,(H,19,21)(H,20,23)/t14-,15+/m0/s1. The monoisotopic (exact) mass is 344 g/mol. The van der Waals surface area contributed by atoms with E-state index in [4.69, 9.17) is 0 Å². The summed E-state index contributed by atoms with van der Waals surface area (Å²) in [5.74, 6) is 0.792. The van der Waals surface area contributed by atoms with Crippen LogP contribution in [0.25, 0.3) is 11.3 Å². The molecule has 24 heavy (non-hydrogen) atoms. The molecule has 1 aliphatic rings. The van der Waals surface area contributed by atoms with Crippen LogP contribution >= 0.6 is 11.8 Å². The second-order valence-electron chi connectivity index (χ2n) is 6.28. The Balaban J connectivity index is 1.54. The quantitative estimate of drug-likeness (QED) is 0.873. The Morgan fingerprint density at radius 3 is 2.88 bits per heavy atom. The molecule has 2 aromatic rings. The summed E-state index contributed by atoms with van der Waals surface area (Å²) in [6.45, 7) is 0.470. The molecule has 2 atom stereocenters. The van der Waals surface area contributed by atoms with E-state index in [1.165, 1.54) is 6.42 Å². The van der Waals surface area contributed by atoms with Gasteiger partial charge in [-0.1, -0.05) is 30.3 Å². The number of thioether (sulfide) groups is 1. The summed E-state index contributed by atoms with van der Waals surface area (Å²) >= 11 is 1.90. The number of hydrogen-bond donors (Lipinski definition) is 2. The molecule has 1 aliphatic carbocycles. The van der Waals surface area contributed by atoms with E-state index in [-0.39, 0.29) is 6.03 Å². The van der Waals surface area contributed by atoms with Crippen molar-refractivity contribution in [3.05, 3.63) is 42.4 Å². The molecule has 128 valence electrons. The van der Waals surface area contributed by atoms with Crippen LogP contribution in [0.15, 0.2) is 36.5 Å². The number of aromatic nitrogens is 2. The highest BCUT2D eigenvalue weighted by molar-refractivity contribution is 7.99. The number of imidazole rings is 1. The van der Waals surface area contributed by atoms with E-state index in [9.17, 15) is 4.79 Å². The molecule has 1 aromatic carbocycles. The van der Waals surface area contributed by atoms with Gasteiger partial charge in [-0.25, -0.2) is 9.78 Å². The highest BCUT2D eigenvalue weighted by Gasteiger charge is 2.26. The molecule has 1 fully saturated rings. The fourth-order valence-corrected chi connectivity index (χ4v) is 3.87. The molecule has 0 radical (unpaired) electrons. The Kier molecular flexibility index (Phi) is 5.45. The van der Waals surface area contributed by atoms with Crippen molar-refractivity contribution in [2.75, 3.05) is 13.3 Å². The van der Waals surface area contributed by atoms with Crippen molar-refractivity contribution < 1.29 is 4.79 Å². The summed E-state index contributed by atoms with van der Waals surface area (Å²) in [6.07, 6.45) is 7.29. The number of nitrogens with one attached hydrogen (secondary N) is 2. The van der Waals surface area contributed by atoms with E-state index in [0.717, 1.165) is 29.9 Å². The van der Waals surface area contributed by atoms with Crippen molar-refractivity contribution in [3.63, 3.8) is 0 Å². The number of benzene rings is 1. The molecular formula is C18H24N4OS. The Labute approximate surface area is 147 Å². The lowest BCUT2D eigenvalue weighted by molar-refractivity contribution is 0.202. The summed E-state index contributed by atoms with van der Waals surface area (Å²) in [6, 6.07) is 10.3. The zero-order chi connectivity index (χ0) is 16.9. The van der Waals surface area contributed by atoms with Crippen LogP contribution in [-0.2, 0) is 6.54 Å². The lowest BCUT2D eigenvalue weighted by atomic mass is 10.2. The van der Waals surface area contributed by atoms with Gasteiger partial charge in [0, 0.05) is 18.3 Å². The number of carbonyl (C=O) groups excluding carboxylic acids is 1. The maximum absolute atomic E-state index is 12.3. The largest absolute Gasteiger partial charge is 0.341 e. The number of hydrogen-bond acceptors (Lipinski definition) is 3. The van der Waals surface area contributed by atoms with E-state index < -0.39 is 0 Å². The molecular weight excluding hydrogens is 320 g/mol. The first-order valence-corrected chi connectivity index (χ1v) is 9.58. The SMILES string of the molecule is CS[C@@H]1CC[C@H](NC(=O)N(C)Cc2ncc(-c3ccccc3)[nH]2)C1. The number of H-pyrrole nitrogens is 1. The smallest absolute Gasteiger partial charge is 0.317 e. The van der Waals surface area contributed by atoms with Gasteiger partial charge in [0.15, 0.2) is 0 Å². The first-order valence-electron chi connectivity index (χ1n) is 8.29. The second kappa shape index (κ2) is 7.75. The summed E-state index contributed by atoms with van der Waals surface area (Å²) in [5, 5.41) is 3.81. The first-order chi connectivity index (χ1) is 11.7. The summed E-state index contributed by atoms with van der Waals surface area (Å²) in [4.78, 5) is 21.7. The van der Waals surface area contributed by atoms with Crippen molar-refractivity contribution in [1.82, 2.24) is 20.2 Å². The van der Waals surface area contributed by atoms with Crippen LogP contribution in [0.1, 0.15) is 25.1 Å². The number of rotatable bonds is 5. The van der Waals surface area contributed by atoms with Gasteiger partial charge in [0.25, 0.3) is 0 Å². The normalized spacial score (nSPS) is 20.1. The highest BCUT2D eigenvalue weighted by Crippen LogP contribution is 2.28. The lowest BCUT2D eigenvalue weighted by Crippen LogP contribution is -2.42. The van der Waals surface area contributed by atoms with Crippen molar-refractivity contribution in [1.29, 1.82) is 0 Å². The average Bonchev–Trinajstić information content (AvgIpc) is 3.25. The number of urea groups is 1. The Morgan fingerprint density at radius 2 is 2.17 bits per heavy atom. The fourth-order valence-electron chi connectivity index (χ4n) is 3.07. The van der Waals surface area contributed by atoms with Gasteiger partial charge in [0.05, 0.1) is 18.4 Å². The molecule has 2 amide bonds. The minimum atomic E-state index is -0.0283. The van der Waals surface area contributed by atoms with Crippen LogP contribution in [0.4, 0.5) is 4.79 Å². The van der Waals surface area contributed by atoms with Crippen molar-refractivity contribution >= 4 is 17.8 Å². The number of nitrogens with zero attached hydrogens (tertiary/aromatic N) is 2. The molecule has 1 saturated carbocycles. The van der Waals surface area contributed by atoms with E-state index in [1.807, 2.05) is 48.3 Å². The van der Waals surface area contributed by atoms with Crippen LogP contribution in [-0.4, -0.2) is 45.5 Å². The molecule has 1 heterocycles. The number of carbonyl (C=O) groups is 1. The van der Waals surface area contributed by atoms with Crippen molar-refractivity contribution in [2.24, 2.45) is 0 Å². The topological polar surface area (TPSA) is 61.0 Å². The number of aromatic amines is 1. The molecule has 2 N–H and O–H groups in total. The second-order valence-corrected chi connectivity index (χ2v) is 7.42. The van der Waals surface area contributed by atoms with Crippen molar-refractivity contribution in [3.8, 4) is 11.3 Å². The van der Waals surface area contributed by atoms with Gasteiger partial charge in [-0.2, -0.15) is 11.8 Å². The molecule has 6 heteroatoms. The number of amides is 2. The molecule has 0 bridgehead atoms. The first kappa shape index (κ1) is 16.9. The van der Waals surface area contributed by atoms with Gasteiger partial charge in [-0.05, 0) is 31.1 Å². The summed E-state index contributed by atoms with van der Waals surface area (Å²) < 4.78 is 0. The summed E-state index contributed by atoms with van der Waals surface area (Å²) in [7, 11) is 1.81. The minimum Gasteiger partial charge on any atom is -0.341 e. The molecule has 5 nitrogen and oxygen atoms in total. The molecule has 0 spiro atoms. The summed E-state index contributed by atoms with van der Waals surface area (Å²) in [5.41, 5.74) is 2.07. The van der Waals surface area contributed by atoms with Gasteiger partial charge in [0.2, 0.25) is 0 Å². The maximum Gasteiger partial charge on any atom is 0.317 e. The third-order valence-corrected chi connectivity index (χ3v) is 5.59. The van der Waals surface area contributed by atoms with Crippen LogP contribution < -0.4 is 5.32 Å². The molecule has 0 aliphatic heterocycles. The Hall–Kier alpha value is -1.95. The Bertz CT molecular complexity index is 673. The predicted molar refractivity (Wildman–Crippen MR) is 99.0 cm³/mol.